The summed E-state index contributed by atoms with van der Waals surface area (Å²) in [5, 5.41) is 13.7. The molecule has 2 rings (SSSR count). The number of aliphatic hydroxyl groups is 1. The molecule has 2 aromatic rings. The topological polar surface area (TPSA) is 67.2 Å². The first-order valence-corrected chi connectivity index (χ1v) is 7.75. The van der Waals surface area contributed by atoms with Crippen LogP contribution in [0.3, 0.4) is 0 Å². The Kier molecular flexibility index (Phi) is 5.71. The van der Waals surface area contributed by atoms with Gasteiger partial charge in [0, 0.05) is 29.9 Å². The average molecular weight is 305 g/mol. The van der Waals surface area contributed by atoms with Gasteiger partial charge in [0.05, 0.1) is 13.2 Å². The third-order valence-electron chi connectivity index (χ3n) is 2.94. The van der Waals surface area contributed by atoms with Crippen LogP contribution in [0, 0.1) is 0 Å². The number of aryl methyl sites for hydroxylation is 1. The number of hydrogen-bond donors (Lipinski definition) is 2. The van der Waals surface area contributed by atoms with Gasteiger partial charge in [-0.3, -0.25) is 4.79 Å². The van der Waals surface area contributed by atoms with Crippen molar-refractivity contribution in [2.24, 2.45) is 0 Å². The van der Waals surface area contributed by atoms with Gasteiger partial charge in [-0.2, -0.15) is 0 Å². The zero-order valence-corrected chi connectivity index (χ0v) is 12.8. The minimum Gasteiger partial charge on any atom is -0.392 e. The van der Waals surface area contributed by atoms with Gasteiger partial charge in [0.2, 0.25) is 5.91 Å². The van der Waals surface area contributed by atoms with Crippen molar-refractivity contribution >= 4 is 23.3 Å². The summed E-state index contributed by atoms with van der Waals surface area (Å²) in [7, 11) is 0. The monoisotopic (exact) mass is 305 g/mol. The van der Waals surface area contributed by atoms with Gasteiger partial charge in [0.25, 0.3) is 0 Å². The number of rotatable bonds is 7. The molecule has 2 N–H and O–H groups in total. The first kappa shape index (κ1) is 15.5. The summed E-state index contributed by atoms with van der Waals surface area (Å²) in [4.78, 5) is 17.0. The van der Waals surface area contributed by atoms with Crippen molar-refractivity contribution in [2.45, 2.75) is 33.0 Å². The van der Waals surface area contributed by atoms with E-state index in [0.717, 1.165) is 29.2 Å². The minimum absolute atomic E-state index is 0.0244. The minimum atomic E-state index is -0.153. The molecule has 0 saturated heterocycles. The Morgan fingerprint density at radius 1 is 1.57 bits per heavy atom. The van der Waals surface area contributed by atoms with E-state index in [9.17, 15) is 4.79 Å². The Labute approximate surface area is 128 Å². The summed E-state index contributed by atoms with van der Waals surface area (Å²) in [6.45, 7) is 3.45. The smallest absolute Gasteiger partial charge is 0.244 e. The quantitative estimate of drug-likeness (QED) is 0.771. The molecule has 0 radical (unpaired) electrons. The fourth-order valence-corrected chi connectivity index (χ4v) is 2.70. The molecule has 21 heavy (non-hydrogen) atoms. The van der Waals surface area contributed by atoms with Crippen molar-refractivity contribution in [1.29, 1.82) is 0 Å². The molecule has 112 valence electrons. The molecule has 1 amide bonds. The molecule has 0 unspecified atom stereocenters. The van der Waals surface area contributed by atoms with Crippen molar-refractivity contribution in [2.75, 3.05) is 0 Å². The van der Waals surface area contributed by atoms with Crippen LogP contribution >= 0.6 is 11.3 Å². The molecule has 0 spiro atoms. The van der Waals surface area contributed by atoms with Gasteiger partial charge in [-0.25, -0.2) is 4.98 Å². The van der Waals surface area contributed by atoms with Crippen LogP contribution in [0.2, 0.25) is 0 Å². The maximum absolute atomic E-state index is 11.8. The van der Waals surface area contributed by atoms with Crippen molar-refractivity contribution in [3.05, 3.63) is 46.2 Å². The van der Waals surface area contributed by atoms with Gasteiger partial charge in [-0.1, -0.05) is 6.92 Å². The summed E-state index contributed by atoms with van der Waals surface area (Å²) in [6.07, 6.45) is 7.94. The third kappa shape index (κ3) is 4.54. The van der Waals surface area contributed by atoms with Gasteiger partial charge < -0.3 is 15.0 Å². The maximum atomic E-state index is 11.8. The lowest BCUT2D eigenvalue weighted by Crippen LogP contribution is -2.22. The highest BCUT2D eigenvalue weighted by Gasteiger charge is 2.03. The first-order chi connectivity index (χ1) is 10.2. The maximum Gasteiger partial charge on any atom is 0.244 e. The van der Waals surface area contributed by atoms with E-state index in [0.29, 0.717) is 6.54 Å². The SMILES string of the molecule is CCCn1ccnc1CNC(=O)/C=C/c1cc(CO)cs1. The van der Waals surface area contributed by atoms with Crippen molar-refractivity contribution in [1.82, 2.24) is 14.9 Å². The number of hydrogen-bond acceptors (Lipinski definition) is 4. The highest BCUT2D eigenvalue weighted by atomic mass is 32.1. The highest BCUT2D eigenvalue weighted by molar-refractivity contribution is 7.11. The number of aromatic nitrogens is 2. The van der Waals surface area contributed by atoms with E-state index in [1.165, 1.54) is 17.4 Å². The van der Waals surface area contributed by atoms with E-state index < -0.39 is 0 Å². The average Bonchev–Trinajstić information content (AvgIpc) is 3.12. The van der Waals surface area contributed by atoms with Crippen LogP contribution in [0.25, 0.3) is 6.08 Å². The molecule has 0 saturated carbocycles. The molecular weight excluding hydrogens is 286 g/mol. The summed E-state index contributed by atoms with van der Waals surface area (Å²) in [6, 6.07) is 1.86. The lowest BCUT2D eigenvalue weighted by molar-refractivity contribution is -0.116. The molecule has 0 aliphatic carbocycles. The molecule has 0 aliphatic heterocycles. The molecule has 0 fully saturated rings. The lowest BCUT2D eigenvalue weighted by Gasteiger charge is -2.06. The van der Waals surface area contributed by atoms with Gasteiger partial charge in [0.15, 0.2) is 0 Å². The van der Waals surface area contributed by atoms with E-state index >= 15 is 0 Å². The second-order valence-electron chi connectivity index (χ2n) is 4.60. The zero-order chi connectivity index (χ0) is 15.1. The number of carbonyl (C=O) groups is 1. The summed E-state index contributed by atoms with van der Waals surface area (Å²) in [5.74, 6) is 0.706. The molecule has 2 aromatic heterocycles. The lowest BCUT2D eigenvalue weighted by atomic mass is 10.3. The Hall–Kier alpha value is -1.92. The van der Waals surface area contributed by atoms with Crippen LogP contribution < -0.4 is 5.32 Å². The summed E-state index contributed by atoms with van der Waals surface area (Å²) >= 11 is 1.50. The Bertz CT molecular complexity index is 616. The number of nitrogens with zero attached hydrogens (tertiary/aromatic N) is 2. The molecule has 0 bridgehead atoms. The normalized spacial score (nSPS) is 11.1. The number of thiophene rings is 1. The van der Waals surface area contributed by atoms with Crippen molar-refractivity contribution in [3.63, 3.8) is 0 Å². The van der Waals surface area contributed by atoms with Crippen molar-refractivity contribution in [3.8, 4) is 0 Å². The van der Waals surface area contributed by atoms with E-state index in [2.05, 4.69) is 17.2 Å². The number of aliphatic hydroxyl groups excluding tert-OH is 1. The van der Waals surface area contributed by atoms with Crippen LogP contribution in [-0.4, -0.2) is 20.6 Å². The highest BCUT2D eigenvalue weighted by Crippen LogP contribution is 2.15. The largest absolute Gasteiger partial charge is 0.392 e. The van der Waals surface area contributed by atoms with Crippen molar-refractivity contribution < 1.29 is 9.90 Å². The number of nitrogens with one attached hydrogen (secondary N) is 1. The van der Waals surface area contributed by atoms with Gasteiger partial charge >= 0.3 is 0 Å². The van der Waals surface area contributed by atoms with Crippen LogP contribution in [-0.2, 0) is 24.5 Å². The van der Waals surface area contributed by atoms with E-state index in [4.69, 9.17) is 5.11 Å². The van der Waals surface area contributed by atoms with E-state index in [1.54, 1.807) is 12.3 Å². The summed E-state index contributed by atoms with van der Waals surface area (Å²) in [5.41, 5.74) is 0.863. The molecule has 2 heterocycles. The molecule has 0 atom stereocenters. The van der Waals surface area contributed by atoms with Crippen LogP contribution in [0.4, 0.5) is 0 Å². The second kappa shape index (κ2) is 7.75. The summed E-state index contributed by atoms with van der Waals surface area (Å²) < 4.78 is 2.04. The molecule has 5 nitrogen and oxygen atoms in total. The fourth-order valence-electron chi connectivity index (χ4n) is 1.90. The van der Waals surface area contributed by atoms with Gasteiger partial charge in [0.1, 0.15) is 5.82 Å². The van der Waals surface area contributed by atoms with E-state index in [1.807, 2.05) is 22.2 Å². The van der Waals surface area contributed by atoms with Crippen LogP contribution in [0.5, 0.6) is 0 Å². The Morgan fingerprint density at radius 3 is 3.14 bits per heavy atom. The Morgan fingerprint density at radius 2 is 2.43 bits per heavy atom. The molecule has 0 aromatic carbocycles. The van der Waals surface area contributed by atoms with Gasteiger partial charge in [-0.05, 0) is 29.5 Å². The fraction of sp³-hybridized carbons (Fsp3) is 0.333. The van der Waals surface area contributed by atoms with Gasteiger partial charge in [-0.15, -0.1) is 11.3 Å². The predicted molar refractivity (Wildman–Crippen MR) is 83.6 cm³/mol. The third-order valence-corrected chi connectivity index (χ3v) is 3.89. The zero-order valence-electron chi connectivity index (χ0n) is 12.0. The first-order valence-electron chi connectivity index (χ1n) is 6.87. The number of amides is 1. The van der Waals surface area contributed by atoms with Crippen LogP contribution in [0.15, 0.2) is 29.9 Å². The predicted octanol–water partition coefficient (Wildman–Crippen LogP) is 2.18. The number of imidazole rings is 1. The Balaban J connectivity index is 1.85. The standard InChI is InChI=1S/C15H19N3O2S/c1-2-6-18-7-5-16-14(18)9-17-15(20)4-3-13-8-12(10-19)11-21-13/h3-5,7-8,11,19H,2,6,9-10H2,1H3,(H,17,20)/b4-3+. The van der Waals surface area contributed by atoms with E-state index in [-0.39, 0.29) is 12.5 Å². The number of carbonyl (C=O) groups excluding carboxylic acids is 1. The second-order valence-corrected chi connectivity index (χ2v) is 5.55. The molecule has 6 heteroatoms. The van der Waals surface area contributed by atoms with Crippen LogP contribution in [0.1, 0.15) is 29.6 Å². The molecule has 0 aliphatic rings. The molecular formula is C15H19N3O2S.